The molecule has 4 rings (SSSR count). The van der Waals surface area contributed by atoms with Gasteiger partial charge >= 0.3 is 0 Å². The third kappa shape index (κ3) is 4.59. The van der Waals surface area contributed by atoms with Crippen LogP contribution in [0, 0.1) is 13.8 Å². The molecule has 2 amide bonds. The number of anilines is 1. The zero-order valence-electron chi connectivity index (χ0n) is 17.6. The van der Waals surface area contributed by atoms with E-state index < -0.39 is 5.25 Å². The van der Waals surface area contributed by atoms with E-state index in [4.69, 9.17) is 4.99 Å². The lowest BCUT2D eigenvalue weighted by Crippen LogP contribution is -2.35. The Bertz CT molecular complexity index is 996. The van der Waals surface area contributed by atoms with Crippen molar-refractivity contribution in [3.05, 3.63) is 59.2 Å². The van der Waals surface area contributed by atoms with Gasteiger partial charge in [-0.1, -0.05) is 43.0 Å². The fourth-order valence-electron chi connectivity index (χ4n) is 3.52. The minimum Gasteiger partial charge on any atom is -0.326 e. The summed E-state index contributed by atoms with van der Waals surface area (Å²) >= 11 is 1.41. The minimum atomic E-state index is -0.426. The smallest absolute Gasteiger partial charge is 0.242 e. The number of aliphatic imine (C=N–C) groups is 1. The standard InChI is InChI=1S/C24H27N3O2S/c1-4-17-7-9-18(10-8-17)25-24-27(19-11-12-19)23(29)21(30-24)14-22(28)26-20-13-15(2)5-6-16(20)3/h5-10,13,19,21H,4,11-12,14H2,1-3H3,(H,26,28)/t21-/m1/s1. The molecule has 1 saturated carbocycles. The Labute approximate surface area is 182 Å². The number of amidine groups is 1. The second-order valence-electron chi connectivity index (χ2n) is 8.03. The highest BCUT2D eigenvalue weighted by atomic mass is 32.2. The van der Waals surface area contributed by atoms with Crippen LogP contribution in [0.5, 0.6) is 0 Å². The molecule has 0 spiro atoms. The van der Waals surface area contributed by atoms with Crippen LogP contribution >= 0.6 is 11.8 Å². The van der Waals surface area contributed by atoms with Crippen molar-refractivity contribution in [2.24, 2.45) is 4.99 Å². The van der Waals surface area contributed by atoms with Crippen LogP contribution < -0.4 is 5.32 Å². The lowest BCUT2D eigenvalue weighted by Gasteiger charge is -2.15. The molecule has 1 aliphatic carbocycles. The number of carbonyl (C=O) groups excluding carboxylic acids is 2. The minimum absolute atomic E-state index is 0.00235. The summed E-state index contributed by atoms with van der Waals surface area (Å²) in [5, 5.41) is 3.26. The third-order valence-electron chi connectivity index (χ3n) is 5.49. The lowest BCUT2D eigenvalue weighted by molar-refractivity contribution is -0.128. The molecular weight excluding hydrogens is 394 g/mol. The first-order valence-electron chi connectivity index (χ1n) is 10.5. The van der Waals surface area contributed by atoms with Crippen molar-refractivity contribution in [2.45, 2.75) is 57.7 Å². The molecular formula is C24H27N3O2S. The van der Waals surface area contributed by atoms with Crippen molar-refractivity contribution >= 4 is 40.1 Å². The fraction of sp³-hybridized carbons (Fsp3) is 0.375. The van der Waals surface area contributed by atoms with E-state index in [1.165, 1.54) is 17.3 Å². The molecule has 1 heterocycles. The van der Waals surface area contributed by atoms with E-state index in [0.717, 1.165) is 46.9 Å². The molecule has 2 fully saturated rings. The molecule has 1 aliphatic heterocycles. The molecule has 156 valence electrons. The van der Waals surface area contributed by atoms with Gasteiger partial charge in [-0.3, -0.25) is 14.5 Å². The van der Waals surface area contributed by atoms with Gasteiger partial charge in [-0.25, -0.2) is 4.99 Å². The predicted molar refractivity (Wildman–Crippen MR) is 123 cm³/mol. The summed E-state index contributed by atoms with van der Waals surface area (Å²) < 4.78 is 0. The first-order valence-corrected chi connectivity index (χ1v) is 11.4. The van der Waals surface area contributed by atoms with Gasteiger partial charge in [0, 0.05) is 18.2 Å². The molecule has 2 aliphatic rings. The largest absolute Gasteiger partial charge is 0.326 e. The molecule has 0 unspecified atom stereocenters. The molecule has 6 heteroatoms. The Hall–Kier alpha value is -2.60. The van der Waals surface area contributed by atoms with Crippen molar-refractivity contribution in [1.82, 2.24) is 4.90 Å². The molecule has 1 atom stereocenters. The Kier molecular flexibility index (Phi) is 5.95. The maximum absolute atomic E-state index is 13.0. The monoisotopic (exact) mass is 421 g/mol. The van der Waals surface area contributed by atoms with Crippen LogP contribution in [0.3, 0.4) is 0 Å². The van der Waals surface area contributed by atoms with Gasteiger partial charge in [-0.15, -0.1) is 0 Å². The van der Waals surface area contributed by atoms with Crippen molar-refractivity contribution in [3.63, 3.8) is 0 Å². The Morgan fingerprint density at radius 2 is 1.90 bits per heavy atom. The van der Waals surface area contributed by atoms with Crippen molar-refractivity contribution < 1.29 is 9.59 Å². The van der Waals surface area contributed by atoms with Gasteiger partial charge in [-0.05, 0) is 68.0 Å². The first-order chi connectivity index (χ1) is 14.4. The summed E-state index contributed by atoms with van der Waals surface area (Å²) in [7, 11) is 0. The number of thioether (sulfide) groups is 1. The number of hydrogen-bond donors (Lipinski definition) is 1. The van der Waals surface area contributed by atoms with Crippen molar-refractivity contribution in [2.75, 3.05) is 5.32 Å². The number of nitrogens with one attached hydrogen (secondary N) is 1. The summed E-state index contributed by atoms with van der Waals surface area (Å²) in [6, 6.07) is 14.3. The van der Waals surface area contributed by atoms with E-state index in [1.807, 2.05) is 49.1 Å². The fourth-order valence-corrected chi connectivity index (χ4v) is 4.73. The third-order valence-corrected chi connectivity index (χ3v) is 6.64. The van der Waals surface area contributed by atoms with Gasteiger partial charge in [0.25, 0.3) is 0 Å². The summed E-state index contributed by atoms with van der Waals surface area (Å²) in [5.74, 6) is -0.138. The van der Waals surface area contributed by atoms with Gasteiger partial charge in [-0.2, -0.15) is 0 Å². The average molecular weight is 422 g/mol. The van der Waals surface area contributed by atoms with Crippen LogP contribution in [0.2, 0.25) is 0 Å². The molecule has 1 saturated heterocycles. The molecule has 5 nitrogen and oxygen atoms in total. The second-order valence-corrected chi connectivity index (χ2v) is 9.20. The second kappa shape index (κ2) is 8.64. The molecule has 2 aromatic carbocycles. The van der Waals surface area contributed by atoms with Crippen LogP contribution in [0.1, 0.15) is 42.9 Å². The number of amides is 2. The van der Waals surface area contributed by atoms with Crippen LogP contribution in [0.15, 0.2) is 47.5 Å². The number of benzene rings is 2. The van der Waals surface area contributed by atoms with E-state index in [1.54, 1.807) is 0 Å². The predicted octanol–water partition coefficient (Wildman–Crippen LogP) is 4.99. The van der Waals surface area contributed by atoms with Gasteiger partial charge in [0.2, 0.25) is 11.8 Å². The van der Waals surface area contributed by atoms with Gasteiger partial charge in [0.15, 0.2) is 5.17 Å². The number of aryl methyl sites for hydroxylation is 3. The van der Waals surface area contributed by atoms with E-state index in [2.05, 4.69) is 24.4 Å². The Morgan fingerprint density at radius 1 is 1.17 bits per heavy atom. The number of rotatable bonds is 6. The van der Waals surface area contributed by atoms with E-state index in [-0.39, 0.29) is 24.3 Å². The summed E-state index contributed by atoms with van der Waals surface area (Å²) in [6.07, 6.45) is 3.13. The Balaban J connectivity index is 1.48. The van der Waals surface area contributed by atoms with Gasteiger partial charge < -0.3 is 5.32 Å². The molecule has 1 N–H and O–H groups in total. The molecule has 0 bridgehead atoms. The summed E-state index contributed by atoms with van der Waals surface area (Å²) in [5.41, 5.74) is 5.00. The molecule has 0 radical (unpaired) electrons. The van der Waals surface area contributed by atoms with Crippen LogP contribution in [-0.2, 0) is 16.0 Å². The van der Waals surface area contributed by atoms with Gasteiger partial charge in [0.1, 0.15) is 5.25 Å². The lowest BCUT2D eigenvalue weighted by atomic mass is 10.1. The van der Waals surface area contributed by atoms with Crippen LogP contribution in [0.4, 0.5) is 11.4 Å². The topological polar surface area (TPSA) is 61.8 Å². The first kappa shape index (κ1) is 20.7. The van der Waals surface area contributed by atoms with Crippen molar-refractivity contribution in [1.29, 1.82) is 0 Å². The average Bonchev–Trinajstić information content (AvgIpc) is 3.51. The summed E-state index contributed by atoms with van der Waals surface area (Å²) in [6.45, 7) is 6.08. The quantitative estimate of drug-likeness (QED) is 0.715. The maximum atomic E-state index is 13.0. The Morgan fingerprint density at radius 3 is 2.57 bits per heavy atom. The SMILES string of the molecule is CCc1ccc(N=C2S[C@H](CC(=O)Nc3cc(C)ccc3C)C(=O)N2C2CC2)cc1. The van der Waals surface area contributed by atoms with E-state index >= 15 is 0 Å². The highest BCUT2D eigenvalue weighted by Crippen LogP contribution is 2.39. The highest BCUT2D eigenvalue weighted by molar-refractivity contribution is 8.15. The van der Waals surface area contributed by atoms with Gasteiger partial charge in [0.05, 0.1) is 5.69 Å². The maximum Gasteiger partial charge on any atom is 0.242 e. The summed E-state index contributed by atoms with van der Waals surface area (Å²) in [4.78, 5) is 32.3. The van der Waals surface area contributed by atoms with E-state index in [0.29, 0.717) is 0 Å². The number of hydrogen-bond acceptors (Lipinski definition) is 4. The molecule has 2 aromatic rings. The highest BCUT2D eigenvalue weighted by Gasteiger charge is 2.46. The van der Waals surface area contributed by atoms with Crippen molar-refractivity contribution in [3.8, 4) is 0 Å². The number of nitrogens with zero attached hydrogens (tertiary/aromatic N) is 2. The molecule has 0 aromatic heterocycles. The van der Waals surface area contributed by atoms with Crippen LogP contribution in [0.25, 0.3) is 0 Å². The van der Waals surface area contributed by atoms with E-state index in [9.17, 15) is 9.59 Å². The molecule has 30 heavy (non-hydrogen) atoms. The zero-order valence-corrected chi connectivity index (χ0v) is 18.5. The normalized spacial score (nSPS) is 20.1. The van der Waals surface area contributed by atoms with Crippen LogP contribution in [-0.4, -0.2) is 33.2 Å². The number of carbonyl (C=O) groups is 2. The zero-order chi connectivity index (χ0) is 21.3.